The van der Waals surface area contributed by atoms with Crippen LogP contribution in [-0.4, -0.2) is 74.3 Å². The zero-order valence-electron chi connectivity index (χ0n) is 25.0. The van der Waals surface area contributed by atoms with Gasteiger partial charge >= 0.3 is 6.01 Å². The Balaban J connectivity index is 1.31. The highest BCUT2D eigenvalue weighted by atomic mass is 16.5. The van der Waals surface area contributed by atoms with Gasteiger partial charge in [0.2, 0.25) is 0 Å². The lowest BCUT2D eigenvalue weighted by atomic mass is 10.0. The Labute approximate surface area is 253 Å². The number of nitrogens with zero attached hydrogens (tertiary/aromatic N) is 6. The molecule has 0 radical (unpaired) electrons. The zero-order chi connectivity index (χ0) is 29.6. The Morgan fingerprint density at radius 1 is 1.00 bits per heavy atom. The average molecular weight is 578 g/mol. The Morgan fingerprint density at radius 3 is 2.67 bits per heavy atom. The summed E-state index contributed by atoms with van der Waals surface area (Å²) < 4.78 is 12.4. The minimum Gasteiger partial charge on any atom is -0.489 e. The number of rotatable bonds is 10. The number of aromatic nitrogens is 2. The minimum absolute atomic E-state index is 0.118. The summed E-state index contributed by atoms with van der Waals surface area (Å²) in [5.41, 5.74) is 4.44. The molecule has 1 atom stereocenters. The molecule has 1 saturated heterocycles. The first-order valence-electron chi connectivity index (χ1n) is 15.0. The van der Waals surface area contributed by atoms with Crippen LogP contribution in [0.25, 0.3) is 10.8 Å². The summed E-state index contributed by atoms with van der Waals surface area (Å²) in [6.07, 6.45) is 1.29. The second kappa shape index (κ2) is 13.3. The molecule has 1 fully saturated rings. The molecule has 2 aliphatic heterocycles. The normalized spacial score (nSPS) is 16.7. The van der Waals surface area contributed by atoms with Gasteiger partial charge in [0.15, 0.2) is 0 Å². The van der Waals surface area contributed by atoms with Gasteiger partial charge in [0.05, 0.1) is 24.7 Å². The van der Waals surface area contributed by atoms with E-state index >= 15 is 0 Å². The third-order valence-corrected chi connectivity index (χ3v) is 8.09. The van der Waals surface area contributed by atoms with Crippen LogP contribution in [0.4, 0.5) is 11.5 Å². The van der Waals surface area contributed by atoms with Crippen molar-refractivity contribution in [1.29, 1.82) is 5.26 Å². The Kier molecular flexibility index (Phi) is 8.87. The zero-order valence-corrected chi connectivity index (χ0v) is 25.0. The van der Waals surface area contributed by atoms with Crippen LogP contribution in [0.1, 0.15) is 23.2 Å². The van der Waals surface area contributed by atoms with Gasteiger partial charge in [0.25, 0.3) is 0 Å². The maximum absolute atomic E-state index is 9.30. The number of hydrogen-bond donors (Lipinski definition) is 1. The first-order valence-corrected chi connectivity index (χ1v) is 15.0. The summed E-state index contributed by atoms with van der Waals surface area (Å²) in [4.78, 5) is 16.7. The van der Waals surface area contributed by atoms with E-state index in [1.165, 1.54) is 10.9 Å². The molecule has 6 rings (SSSR count). The van der Waals surface area contributed by atoms with Crippen molar-refractivity contribution in [1.82, 2.24) is 20.2 Å². The number of fused-ring (bicyclic) bond motifs is 2. The van der Waals surface area contributed by atoms with E-state index in [1.807, 2.05) is 32.3 Å². The van der Waals surface area contributed by atoms with Crippen LogP contribution < -0.4 is 24.6 Å². The Morgan fingerprint density at radius 2 is 1.84 bits per heavy atom. The van der Waals surface area contributed by atoms with Gasteiger partial charge in [-0.25, -0.2) is 0 Å². The highest BCUT2D eigenvalue weighted by Gasteiger charge is 2.29. The fourth-order valence-corrected chi connectivity index (χ4v) is 5.85. The van der Waals surface area contributed by atoms with E-state index < -0.39 is 0 Å². The van der Waals surface area contributed by atoms with Crippen LogP contribution in [0.3, 0.4) is 0 Å². The fraction of sp³-hybridized carbons (Fsp3) is 0.382. The van der Waals surface area contributed by atoms with E-state index in [1.54, 1.807) is 0 Å². The van der Waals surface area contributed by atoms with E-state index in [0.29, 0.717) is 32.2 Å². The van der Waals surface area contributed by atoms with E-state index in [9.17, 15) is 5.26 Å². The molecule has 0 spiro atoms. The van der Waals surface area contributed by atoms with E-state index in [0.717, 1.165) is 73.0 Å². The quantitative estimate of drug-likeness (QED) is 0.295. The molecule has 2 aliphatic rings. The van der Waals surface area contributed by atoms with Crippen LogP contribution in [-0.2, 0) is 19.6 Å². The summed E-state index contributed by atoms with van der Waals surface area (Å²) in [5.74, 6) is 1.79. The summed E-state index contributed by atoms with van der Waals surface area (Å²) in [6, 6.07) is 25.9. The topological polar surface area (TPSA) is 89.8 Å². The lowest BCUT2D eigenvalue weighted by Gasteiger charge is -2.37. The predicted molar refractivity (Wildman–Crippen MR) is 170 cm³/mol. The lowest BCUT2D eigenvalue weighted by Crippen LogP contribution is -2.51. The van der Waals surface area contributed by atoms with Gasteiger partial charge in [0, 0.05) is 61.5 Å². The minimum atomic E-state index is 0.118. The van der Waals surface area contributed by atoms with Crippen molar-refractivity contribution < 1.29 is 9.47 Å². The molecule has 222 valence electrons. The largest absolute Gasteiger partial charge is 0.489 e. The molecule has 43 heavy (non-hydrogen) atoms. The summed E-state index contributed by atoms with van der Waals surface area (Å²) in [7, 11) is 4.05. The molecule has 0 saturated carbocycles. The molecular weight excluding hydrogens is 538 g/mol. The molecular formula is C34H39N7O2. The first-order chi connectivity index (χ1) is 21.1. The lowest BCUT2D eigenvalue weighted by molar-refractivity contribution is 0.244. The van der Waals surface area contributed by atoms with Crippen LogP contribution >= 0.6 is 0 Å². The summed E-state index contributed by atoms with van der Waals surface area (Å²) >= 11 is 0. The third kappa shape index (κ3) is 6.82. The van der Waals surface area contributed by atoms with Gasteiger partial charge in [-0.05, 0) is 37.5 Å². The van der Waals surface area contributed by atoms with Gasteiger partial charge in [0.1, 0.15) is 24.8 Å². The predicted octanol–water partition coefficient (Wildman–Crippen LogP) is 4.40. The van der Waals surface area contributed by atoms with Gasteiger partial charge in [-0.1, -0.05) is 54.6 Å². The van der Waals surface area contributed by atoms with Gasteiger partial charge in [-0.3, -0.25) is 0 Å². The summed E-state index contributed by atoms with van der Waals surface area (Å²) in [5, 5.41) is 15.1. The number of benzene rings is 3. The van der Waals surface area contributed by atoms with Crippen molar-refractivity contribution in [2.75, 3.05) is 63.2 Å². The number of likely N-dealkylation sites (N-methyl/N-ethyl adjacent to an activating group) is 1. The molecule has 3 heterocycles. The van der Waals surface area contributed by atoms with E-state index in [-0.39, 0.29) is 6.04 Å². The van der Waals surface area contributed by atoms with Crippen LogP contribution in [0.5, 0.6) is 11.8 Å². The number of nitrogens with one attached hydrogen (secondary N) is 1. The molecule has 3 aromatic carbocycles. The van der Waals surface area contributed by atoms with Crippen LogP contribution in [0, 0.1) is 11.3 Å². The van der Waals surface area contributed by atoms with E-state index in [4.69, 9.17) is 19.4 Å². The monoisotopic (exact) mass is 577 g/mol. The Bertz CT molecular complexity index is 1590. The molecule has 1 unspecified atom stereocenters. The standard InChI is InChI=1S/C34H39N7O2/c1-39(2)18-19-42-34-37-31-23-40(16-13-30(31)33(38-34)41-17-15-36-27(22-41)12-14-35)32-21-28(20-26-10-6-7-11-29(26)32)43-24-25-8-4-3-5-9-25/h3-11,20-21,27,36H,12-13,15-19,22-24H2,1-2H3. The van der Waals surface area contributed by atoms with Crippen molar-refractivity contribution in [3.05, 3.63) is 83.6 Å². The Hall–Kier alpha value is -4.39. The second-order valence-corrected chi connectivity index (χ2v) is 11.5. The third-order valence-electron chi connectivity index (χ3n) is 8.09. The molecule has 1 N–H and O–H groups in total. The molecule has 4 aromatic rings. The molecule has 9 nitrogen and oxygen atoms in total. The number of anilines is 2. The number of piperazine rings is 1. The van der Waals surface area contributed by atoms with Crippen molar-refractivity contribution >= 4 is 22.3 Å². The molecule has 0 amide bonds. The van der Waals surface area contributed by atoms with Gasteiger partial charge in [-0.2, -0.15) is 15.2 Å². The highest BCUT2D eigenvalue weighted by molar-refractivity contribution is 5.95. The summed E-state index contributed by atoms with van der Waals surface area (Å²) in [6.45, 7) is 5.68. The first kappa shape index (κ1) is 28.7. The maximum Gasteiger partial charge on any atom is 0.318 e. The molecule has 9 heteroatoms. The van der Waals surface area contributed by atoms with Crippen molar-refractivity contribution in [3.63, 3.8) is 0 Å². The van der Waals surface area contributed by atoms with Crippen LogP contribution in [0.2, 0.25) is 0 Å². The van der Waals surface area contributed by atoms with Crippen LogP contribution in [0.15, 0.2) is 66.7 Å². The highest BCUT2D eigenvalue weighted by Crippen LogP contribution is 2.37. The SMILES string of the molecule is CN(C)CCOc1nc2c(c(N3CCNC(CC#N)C3)n1)CCN(c1cc(OCc3ccccc3)cc3ccccc13)C2. The van der Waals surface area contributed by atoms with Gasteiger partial charge in [-0.15, -0.1) is 0 Å². The molecule has 1 aromatic heterocycles. The average Bonchev–Trinajstić information content (AvgIpc) is 3.03. The molecule has 0 bridgehead atoms. The maximum atomic E-state index is 9.30. The van der Waals surface area contributed by atoms with Crippen molar-refractivity contribution in [3.8, 4) is 17.8 Å². The number of hydrogen-bond acceptors (Lipinski definition) is 9. The number of nitriles is 1. The smallest absolute Gasteiger partial charge is 0.318 e. The fourth-order valence-electron chi connectivity index (χ4n) is 5.85. The second-order valence-electron chi connectivity index (χ2n) is 11.5. The number of ether oxygens (including phenoxy) is 2. The van der Waals surface area contributed by atoms with Gasteiger partial charge < -0.3 is 29.5 Å². The van der Waals surface area contributed by atoms with Crippen molar-refractivity contribution in [2.24, 2.45) is 0 Å². The van der Waals surface area contributed by atoms with E-state index in [2.05, 4.69) is 74.6 Å². The van der Waals surface area contributed by atoms with Crippen molar-refractivity contribution in [2.45, 2.75) is 32.0 Å². The molecule has 0 aliphatic carbocycles.